The molecule has 2 atom stereocenters. The molecular weight excluding hydrogens is 394 g/mol. The second-order valence-electron chi connectivity index (χ2n) is 7.84. The summed E-state index contributed by atoms with van der Waals surface area (Å²) < 4.78 is 5.72. The Bertz CT molecular complexity index is 906. The summed E-state index contributed by atoms with van der Waals surface area (Å²) in [5, 5.41) is 12.1. The van der Waals surface area contributed by atoms with Crippen molar-refractivity contribution in [2.45, 2.75) is 31.9 Å². The molecule has 2 fully saturated rings. The SMILES string of the molecule is CC(=O)N1CCN([C@H]2CCN(C(=O)c3cc4cc(Cl)ccc4o3)CC[C@@H]2O)CC1. The molecule has 0 aliphatic carbocycles. The molecule has 0 bridgehead atoms. The molecule has 1 N–H and O–H groups in total. The lowest BCUT2D eigenvalue weighted by atomic mass is 10.0. The van der Waals surface area contributed by atoms with E-state index in [0.29, 0.717) is 55.4 Å². The molecule has 0 spiro atoms. The molecule has 2 saturated heterocycles. The summed E-state index contributed by atoms with van der Waals surface area (Å²) in [4.78, 5) is 30.4. The maximum atomic E-state index is 13.0. The number of benzene rings is 1. The lowest BCUT2D eigenvalue weighted by Crippen LogP contribution is -2.54. The van der Waals surface area contributed by atoms with E-state index in [4.69, 9.17) is 16.0 Å². The summed E-state index contributed by atoms with van der Waals surface area (Å²) in [6, 6.07) is 7.00. The average molecular weight is 420 g/mol. The van der Waals surface area contributed by atoms with E-state index in [0.717, 1.165) is 18.5 Å². The van der Waals surface area contributed by atoms with Gasteiger partial charge in [0.25, 0.3) is 5.91 Å². The number of amides is 2. The van der Waals surface area contributed by atoms with Gasteiger partial charge in [-0.3, -0.25) is 14.5 Å². The predicted molar refractivity (Wildman–Crippen MR) is 110 cm³/mol. The molecule has 3 heterocycles. The summed E-state index contributed by atoms with van der Waals surface area (Å²) in [5.74, 6) is 0.229. The summed E-state index contributed by atoms with van der Waals surface area (Å²) in [6.45, 7) is 5.50. The van der Waals surface area contributed by atoms with Gasteiger partial charge in [0.15, 0.2) is 5.76 Å². The maximum Gasteiger partial charge on any atom is 0.289 e. The second-order valence-corrected chi connectivity index (χ2v) is 8.28. The molecule has 0 radical (unpaired) electrons. The molecule has 7 nitrogen and oxygen atoms in total. The quantitative estimate of drug-likeness (QED) is 0.807. The van der Waals surface area contributed by atoms with E-state index in [2.05, 4.69) is 4.90 Å². The number of piperazine rings is 1. The van der Waals surface area contributed by atoms with Crippen LogP contribution in [0, 0.1) is 0 Å². The van der Waals surface area contributed by atoms with E-state index in [9.17, 15) is 14.7 Å². The van der Waals surface area contributed by atoms with Crippen molar-refractivity contribution in [2.24, 2.45) is 0 Å². The first-order valence-electron chi connectivity index (χ1n) is 10.1. The highest BCUT2D eigenvalue weighted by Gasteiger charge is 2.33. The number of aliphatic hydroxyl groups is 1. The Morgan fingerprint density at radius 1 is 1.03 bits per heavy atom. The van der Waals surface area contributed by atoms with Gasteiger partial charge >= 0.3 is 0 Å². The van der Waals surface area contributed by atoms with Gasteiger partial charge in [0.2, 0.25) is 5.91 Å². The van der Waals surface area contributed by atoms with Crippen molar-refractivity contribution >= 4 is 34.4 Å². The van der Waals surface area contributed by atoms with Crippen molar-refractivity contribution in [3.63, 3.8) is 0 Å². The zero-order valence-electron chi connectivity index (χ0n) is 16.5. The number of hydrogen-bond acceptors (Lipinski definition) is 5. The van der Waals surface area contributed by atoms with E-state index in [1.807, 2.05) is 4.90 Å². The molecule has 0 unspecified atom stereocenters. The van der Waals surface area contributed by atoms with Crippen LogP contribution in [0.1, 0.15) is 30.3 Å². The van der Waals surface area contributed by atoms with Crippen molar-refractivity contribution in [3.05, 3.63) is 35.0 Å². The minimum Gasteiger partial charge on any atom is -0.451 e. The van der Waals surface area contributed by atoms with Gasteiger partial charge in [-0.1, -0.05) is 11.6 Å². The third kappa shape index (κ3) is 4.27. The van der Waals surface area contributed by atoms with Crippen LogP contribution in [0.4, 0.5) is 0 Å². The number of carbonyl (C=O) groups excluding carboxylic acids is 2. The number of nitrogens with zero attached hydrogens (tertiary/aromatic N) is 3. The third-order valence-corrected chi connectivity index (χ3v) is 6.27. The molecule has 2 aliphatic heterocycles. The van der Waals surface area contributed by atoms with Gasteiger partial charge in [-0.05, 0) is 37.1 Å². The average Bonchev–Trinajstić information content (AvgIpc) is 3.03. The number of hydrogen-bond donors (Lipinski definition) is 1. The summed E-state index contributed by atoms with van der Waals surface area (Å²) in [6.07, 6.45) is 0.722. The van der Waals surface area contributed by atoms with Crippen LogP contribution < -0.4 is 0 Å². The van der Waals surface area contributed by atoms with E-state index in [1.54, 1.807) is 36.1 Å². The van der Waals surface area contributed by atoms with Crippen LogP contribution in [-0.2, 0) is 4.79 Å². The normalized spacial score (nSPS) is 24.0. The highest BCUT2D eigenvalue weighted by molar-refractivity contribution is 6.31. The Hall–Kier alpha value is -2.09. The molecule has 0 saturated carbocycles. The Kier molecular flexibility index (Phi) is 5.81. The Labute approximate surface area is 174 Å². The smallest absolute Gasteiger partial charge is 0.289 e. The number of halogens is 1. The van der Waals surface area contributed by atoms with Crippen LogP contribution in [0.2, 0.25) is 5.02 Å². The van der Waals surface area contributed by atoms with Gasteiger partial charge in [0.05, 0.1) is 6.10 Å². The molecule has 2 aliphatic rings. The number of fused-ring (bicyclic) bond motifs is 1. The second kappa shape index (κ2) is 8.34. The van der Waals surface area contributed by atoms with E-state index < -0.39 is 6.10 Å². The van der Waals surface area contributed by atoms with E-state index in [-0.39, 0.29) is 17.9 Å². The Morgan fingerprint density at radius 3 is 2.48 bits per heavy atom. The minimum atomic E-state index is -0.494. The zero-order chi connectivity index (χ0) is 20.5. The molecular formula is C21H26ClN3O4. The van der Waals surface area contributed by atoms with Crippen LogP contribution in [0.3, 0.4) is 0 Å². The lowest BCUT2D eigenvalue weighted by Gasteiger charge is -2.40. The summed E-state index contributed by atoms with van der Waals surface area (Å²) >= 11 is 6.02. The largest absolute Gasteiger partial charge is 0.451 e. The van der Waals surface area contributed by atoms with Crippen LogP contribution in [0.5, 0.6) is 0 Å². The fourth-order valence-corrected chi connectivity index (χ4v) is 4.53. The molecule has 29 heavy (non-hydrogen) atoms. The molecule has 1 aromatic carbocycles. The molecule has 1 aromatic heterocycles. The molecule has 4 rings (SSSR count). The first-order chi connectivity index (χ1) is 13.9. The van der Waals surface area contributed by atoms with Crippen molar-refractivity contribution in [2.75, 3.05) is 39.3 Å². The van der Waals surface area contributed by atoms with Gasteiger partial charge in [-0.15, -0.1) is 0 Å². The van der Waals surface area contributed by atoms with Crippen LogP contribution >= 0.6 is 11.6 Å². The fraction of sp³-hybridized carbons (Fsp3) is 0.524. The maximum absolute atomic E-state index is 13.0. The monoisotopic (exact) mass is 419 g/mol. The standard InChI is InChI=1S/C21H26ClN3O4/c1-14(26)23-8-10-24(11-9-23)17-4-6-25(7-5-18(17)27)21(28)20-13-15-12-16(22)2-3-19(15)29-20/h2-3,12-13,17-18,27H,4-11H2,1H3/t17-,18-/m0/s1. The Morgan fingerprint density at radius 2 is 1.76 bits per heavy atom. The van der Waals surface area contributed by atoms with E-state index in [1.165, 1.54) is 0 Å². The van der Waals surface area contributed by atoms with Gasteiger partial charge in [0.1, 0.15) is 5.58 Å². The number of carbonyl (C=O) groups is 2. The van der Waals surface area contributed by atoms with Crippen LogP contribution in [0.15, 0.2) is 28.7 Å². The highest BCUT2D eigenvalue weighted by atomic mass is 35.5. The van der Waals surface area contributed by atoms with Gasteiger partial charge in [-0.2, -0.15) is 0 Å². The summed E-state index contributed by atoms with van der Waals surface area (Å²) in [5.41, 5.74) is 0.633. The van der Waals surface area contributed by atoms with Gasteiger partial charge < -0.3 is 19.3 Å². The molecule has 2 amide bonds. The first-order valence-corrected chi connectivity index (χ1v) is 10.5. The molecule has 8 heteroatoms. The molecule has 156 valence electrons. The van der Waals surface area contributed by atoms with Crippen LogP contribution in [0.25, 0.3) is 11.0 Å². The highest BCUT2D eigenvalue weighted by Crippen LogP contribution is 2.25. The summed E-state index contributed by atoms with van der Waals surface area (Å²) in [7, 11) is 0. The van der Waals surface area contributed by atoms with Crippen LogP contribution in [-0.4, -0.2) is 83.0 Å². The van der Waals surface area contributed by atoms with E-state index >= 15 is 0 Å². The number of rotatable bonds is 2. The number of likely N-dealkylation sites (tertiary alicyclic amines) is 1. The lowest BCUT2D eigenvalue weighted by molar-refractivity contribution is -0.131. The van der Waals surface area contributed by atoms with Crippen molar-refractivity contribution < 1.29 is 19.1 Å². The predicted octanol–water partition coefficient (Wildman–Crippen LogP) is 2.22. The topological polar surface area (TPSA) is 77.2 Å². The number of furan rings is 1. The van der Waals surface area contributed by atoms with Crippen molar-refractivity contribution in [1.29, 1.82) is 0 Å². The van der Waals surface area contributed by atoms with Crippen molar-refractivity contribution in [3.8, 4) is 0 Å². The Balaban J connectivity index is 1.42. The zero-order valence-corrected chi connectivity index (χ0v) is 17.3. The molecule has 2 aromatic rings. The fourth-order valence-electron chi connectivity index (χ4n) is 4.35. The van der Waals surface area contributed by atoms with Gasteiger partial charge in [0, 0.05) is 62.6 Å². The first kappa shape index (κ1) is 20.2. The number of aliphatic hydroxyl groups excluding tert-OH is 1. The van der Waals surface area contributed by atoms with Gasteiger partial charge in [-0.25, -0.2) is 0 Å². The minimum absolute atomic E-state index is 0.00334. The third-order valence-electron chi connectivity index (χ3n) is 6.04. The van der Waals surface area contributed by atoms with Crippen molar-refractivity contribution in [1.82, 2.24) is 14.7 Å².